The molecule has 0 radical (unpaired) electrons. The summed E-state index contributed by atoms with van der Waals surface area (Å²) in [6.07, 6.45) is -5.74. The Morgan fingerprint density at radius 2 is 1.25 bits per heavy atom. The molecular formula is C14H21NO9. The second-order valence-corrected chi connectivity index (χ2v) is 5.16. The van der Waals surface area contributed by atoms with Gasteiger partial charge in [0.25, 0.3) is 0 Å². The fraction of sp³-hybridized carbons (Fsp3) is 0.714. The number of esters is 4. The molecule has 1 heterocycles. The highest BCUT2D eigenvalue weighted by atomic mass is 16.7. The van der Waals surface area contributed by atoms with E-state index in [1.54, 1.807) is 0 Å². The molecule has 1 rings (SSSR count). The predicted octanol–water partition coefficient (Wildman–Crippen LogP) is -0.972. The SMILES string of the molecule is CC(=O)OC[C@H]1O[C@@H](N)[C@H](OC(C)=O)[C@@H](OC(C)=O)[C@@H]1OC(C)=O. The van der Waals surface area contributed by atoms with Gasteiger partial charge in [-0.05, 0) is 0 Å². The lowest BCUT2D eigenvalue weighted by molar-refractivity contribution is -0.251. The van der Waals surface area contributed by atoms with Crippen LogP contribution in [0.2, 0.25) is 0 Å². The van der Waals surface area contributed by atoms with Crippen molar-refractivity contribution in [2.75, 3.05) is 6.61 Å². The largest absolute Gasteiger partial charge is 0.463 e. The molecule has 0 aromatic heterocycles. The lowest BCUT2D eigenvalue weighted by atomic mass is 9.97. The molecular weight excluding hydrogens is 326 g/mol. The van der Waals surface area contributed by atoms with Crippen molar-refractivity contribution < 1.29 is 42.9 Å². The first-order valence-electron chi connectivity index (χ1n) is 7.18. The van der Waals surface area contributed by atoms with Crippen LogP contribution in [0.5, 0.6) is 0 Å². The van der Waals surface area contributed by atoms with Gasteiger partial charge in [-0.25, -0.2) is 0 Å². The van der Waals surface area contributed by atoms with E-state index in [1.165, 1.54) is 6.92 Å². The van der Waals surface area contributed by atoms with Crippen molar-refractivity contribution in [1.82, 2.24) is 0 Å². The lowest BCUT2D eigenvalue weighted by Gasteiger charge is -2.43. The Kier molecular flexibility index (Phi) is 7.11. The average molecular weight is 347 g/mol. The molecule has 0 unspecified atom stereocenters. The van der Waals surface area contributed by atoms with Crippen molar-refractivity contribution in [3.63, 3.8) is 0 Å². The van der Waals surface area contributed by atoms with Crippen LogP contribution in [0.1, 0.15) is 27.7 Å². The minimum absolute atomic E-state index is 0.286. The van der Waals surface area contributed by atoms with Gasteiger partial charge in [-0.2, -0.15) is 0 Å². The summed E-state index contributed by atoms with van der Waals surface area (Å²) in [4.78, 5) is 45.0. The van der Waals surface area contributed by atoms with E-state index >= 15 is 0 Å². The second kappa shape index (κ2) is 8.60. The maximum absolute atomic E-state index is 11.4. The van der Waals surface area contributed by atoms with Crippen molar-refractivity contribution in [3.05, 3.63) is 0 Å². The normalized spacial score (nSPS) is 29.3. The summed E-state index contributed by atoms with van der Waals surface area (Å²) in [5, 5.41) is 0. The zero-order valence-electron chi connectivity index (χ0n) is 13.8. The number of ether oxygens (including phenoxy) is 5. The molecule has 0 spiro atoms. The third-order valence-electron chi connectivity index (χ3n) is 3.03. The van der Waals surface area contributed by atoms with E-state index in [0.717, 1.165) is 20.8 Å². The molecule has 10 nitrogen and oxygen atoms in total. The molecule has 0 bridgehead atoms. The Balaban J connectivity index is 3.11. The molecule has 24 heavy (non-hydrogen) atoms. The van der Waals surface area contributed by atoms with Gasteiger partial charge in [0.1, 0.15) is 18.9 Å². The topological polar surface area (TPSA) is 140 Å². The Labute approximate surface area is 138 Å². The van der Waals surface area contributed by atoms with Crippen molar-refractivity contribution in [1.29, 1.82) is 0 Å². The van der Waals surface area contributed by atoms with Crippen LogP contribution in [-0.4, -0.2) is 61.1 Å². The average Bonchev–Trinajstić information content (AvgIpc) is 2.42. The van der Waals surface area contributed by atoms with Gasteiger partial charge in [-0.15, -0.1) is 0 Å². The van der Waals surface area contributed by atoms with Crippen LogP contribution in [0.3, 0.4) is 0 Å². The van der Waals surface area contributed by atoms with Gasteiger partial charge in [0.05, 0.1) is 0 Å². The third kappa shape index (κ3) is 5.78. The predicted molar refractivity (Wildman–Crippen MR) is 76.1 cm³/mol. The lowest BCUT2D eigenvalue weighted by Crippen LogP contribution is -2.64. The Bertz CT molecular complexity index is 506. The Morgan fingerprint density at radius 3 is 1.71 bits per heavy atom. The standard InChI is InChI=1S/C14H21NO9/c1-6(16)20-5-10-11(21-7(2)17)12(22-8(3)18)13(14(15)24-10)23-9(4)19/h10-14H,5,15H2,1-4H3/t10-,11-,12+,13-,14-/m1/s1. The minimum atomic E-state index is -1.21. The molecule has 0 amide bonds. The zero-order chi connectivity index (χ0) is 18.4. The minimum Gasteiger partial charge on any atom is -0.463 e. The summed E-state index contributed by atoms with van der Waals surface area (Å²) in [6.45, 7) is 4.32. The summed E-state index contributed by atoms with van der Waals surface area (Å²) in [7, 11) is 0. The molecule has 0 aromatic carbocycles. The van der Waals surface area contributed by atoms with Gasteiger partial charge in [0.15, 0.2) is 18.3 Å². The molecule has 2 N–H and O–H groups in total. The first kappa shape index (κ1) is 19.8. The summed E-state index contributed by atoms with van der Waals surface area (Å²) in [5.41, 5.74) is 5.81. The van der Waals surface area contributed by atoms with Gasteiger partial charge in [-0.1, -0.05) is 0 Å². The third-order valence-corrected chi connectivity index (χ3v) is 3.03. The molecule has 0 aromatic rings. The number of rotatable bonds is 5. The first-order chi connectivity index (χ1) is 11.1. The number of hydrogen-bond donors (Lipinski definition) is 1. The van der Waals surface area contributed by atoms with Crippen molar-refractivity contribution in [3.8, 4) is 0 Å². The highest BCUT2D eigenvalue weighted by Gasteiger charge is 2.51. The maximum Gasteiger partial charge on any atom is 0.303 e. The quantitative estimate of drug-likeness (QED) is 0.487. The zero-order valence-corrected chi connectivity index (χ0v) is 13.8. The Morgan fingerprint density at radius 1 is 0.792 bits per heavy atom. The van der Waals surface area contributed by atoms with Gasteiger partial charge < -0.3 is 29.4 Å². The summed E-state index contributed by atoms with van der Waals surface area (Å²) >= 11 is 0. The highest BCUT2D eigenvalue weighted by Crippen LogP contribution is 2.27. The van der Waals surface area contributed by atoms with Crippen LogP contribution < -0.4 is 5.73 Å². The first-order valence-corrected chi connectivity index (χ1v) is 7.18. The van der Waals surface area contributed by atoms with Crippen molar-refractivity contribution in [2.24, 2.45) is 5.73 Å². The number of carbonyl (C=O) groups is 4. The van der Waals surface area contributed by atoms with Gasteiger partial charge in [0, 0.05) is 27.7 Å². The van der Waals surface area contributed by atoms with Crippen LogP contribution >= 0.6 is 0 Å². The van der Waals surface area contributed by atoms with Crippen LogP contribution in [0.15, 0.2) is 0 Å². The molecule has 1 saturated heterocycles. The second-order valence-electron chi connectivity index (χ2n) is 5.16. The van der Waals surface area contributed by atoms with E-state index in [2.05, 4.69) is 0 Å². The van der Waals surface area contributed by atoms with Crippen LogP contribution in [0.4, 0.5) is 0 Å². The van der Waals surface area contributed by atoms with E-state index in [-0.39, 0.29) is 6.61 Å². The summed E-state index contributed by atoms with van der Waals surface area (Å²) in [6, 6.07) is 0. The molecule has 1 aliphatic heterocycles. The van der Waals surface area contributed by atoms with E-state index in [9.17, 15) is 19.2 Å². The molecule has 0 saturated carbocycles. The highest BCUT2D eigenvalue weighted by molar-refractivity contribution is 5.68. The van der Waals surface area contributed by atoms with E-state index < -0.39 is 54.5 Å². The van der Waals surface area contributed by atoms with Crippen LogP contribution in [-0.2, 0) is 42.9 Å². The van der Waals surface area contributed by atoms with E-state index in [4.69, 9.17) is 29.4 Å². The van der Waals surface area contributed by atoms with E-state index in [1.807, 2.05) is 0 Å². The molecule has 1 fully saturated rings. The Hall–Kier alpha value is -2.20. The summed E-state index contributed by atoms with van der Waals surface area (Å²) in [5.74, 6) is -2.66. The molecule has 136 valence electrons. The number of nitrogens with two attached hydrogens (primary N) is 1. The van der Waals surface area contributed by atoms with Gasteiger partial charge >= 0.3 is 23.9 Å². The van der Waals surface area contributed by atoms with Gasteiger partial charge in [-0.3, -0.25) is 19.2 Å². The smallest absolute Gasteiger partial charge is 0.303 e. The fourth-order valence-electron chi connectivity index (χ4n) is 2.26. The monoisotopic (exact) mass is 347 g/mol. The molecule has 0 aliphatic carbocycles. The summed E-state index contributed by atoms with van der Waals surface area (Å²) < 4.78 is 25.6. The number of carbonyl (C=O) groups excluding carboxylic acids is 4. The van der Waals surface area contributed by atoms with Crippen LogP contribution in [0, 0.1) is 0 Å². The van der Waals surface area contributed by atoms with Crippen molar-refractivity contribution >= 4 is 23.9 Å². The molecule has 5 atom stereocenters. The molecule has 10 heteroatoms. The van der Waals surface area contributed by atoms with Crippen LogP contribution in [0.25, 0.3) is 0 Å². The van der Waals surface area contributed by atoms with Crippen molar-refractivity contribution in [2.45, 2.75) is 58.3 Å². The van der Waals surface area contributed by atoms with E-state index in [0.29, 0.717) is 0 Å². The van der Waals surface area contributed by atoms with Gasteiger partial charge in [0.2, 0.25) is 0 Å². The maximum atomic E-state index is 11.4. The molecule has 1 aliphatic rings. The number of hydrogen-bond acceptors (Lipinski definition) is 10. The fourth-order valence-corrected chi connectivity index (χ4v) is 2.26.